The summed E-state index contributed by atoms with van der Waals surface area (Å²) in [6.07, 6.45) is -4.72. The van der Waals surface area contributed by atoms with Crippen LogP contribution >= 0.6 is 0 Å². The van der Waals surface area contributed by atoms with Gasteiger partial charge >= 0.3 is 18.0 Å². The quantitative estimate of drug-likeness (QED) is 0.471. The third-order valence-corrected chi connectivity index (χ3v) is 0.783. The summed E-state index contributed by atoms with van der Waals surface area (Å²) >= 11 is 0. The Labute approximate surface area is 60.1 Å². The first kappa shape index (κ1) is 10.2. The van der Waals surface area contributed by atoms with Gasteiger partial charge < -0.3 is 4.74 Å². The van der Waals surface area contributed by atoms with Crippen LogP contribution in [0.3, 0.4) is 0 Å². The van der Waals surface area contributed by atoms with Crippen LogP contribution in [-0.4, -0.2) is 18.0 Å². The Kier molecular flexibility index (Phi) is 2.47. The van der Waals surface area contributed by atoms with Gasteiger partial charge in [-0.1, -0.05) is 0 Å². The molecule has 0 amide bonds. The molecule has 0 radical (unpaired) electrons. The molecule has 2 nitrogen and oxygen atoms in total. The first-order valence-corrected chi connectivity index (χ1v) is 2.62. The second-order valence-electron chi connectivity index (χ2n) is 2.00. The van der Waals surface area contributed by atoms with Crippen LogP contribution in [0.1, 0.15) is 13.8 Å². The lowest BCUT2D eigenvalue weighted by atomic mass is 10.4. The molecule has 0 bridgehead atoms. The maximum absolute atomic E-state index is 12.0. The highest BCUT2D eigenvalue weighted by Gasteiger charge is 2.56. The van der Waals surface area contributed by atoms with Gasteiger partial charge in [-0.15, -0.1) is 0 Å². The lowest BCUT2D eigenvalue weighted by Gasteiger charge is -2.21. The van der Waals surface area contributed by atoms with Crippen molar-refractivity contribution in [2.75, 3.05) is 0 Å². The average Bonchev–Trinajstić information content (AvgIpc) is 1.56. The number of hydrogen-bond acceptors (Lipinski definition) is 2. The van der Waals surface area contributed by atoms with E-state index in [-0.39, 0.29) is 6.92 Å². The number of carbonyl (C=O) groups excluding carboxylic acids is 1. The lowest BCUT2D eigenvalue weighted by Crippen LogP contribution is -2.41. The van der Waals surface area contributed by atoms with Crippen molar-refractivity contribution in [2.45, 2.75) is 25.9 Å². The highest BCUT2D eigenvalue weighted by atomic mass is 19.3. The number of rotatable bonds is 2. The molecule has 0 saturated heterocycles. The van der Waals surface area contributed by atoms with Crippen LogP contribution in [0.2, 0.25) is 0 Å². The molecule has 0 aromatic rings. The first-order chi connectivity index (χ1) is 4.67. The molecule has 0 aliphatic carbocycles. The number of hydrogen-bond donors (Lipinski definition) is 0. The molecular weight excluding hydrogens is 168 g/mol. The molecule has 0 aliphatic heterocycles. The van der Waals surface area contributed by atoms with Crippen LogP contribution in [0.5, 0.6) is 0 Å². The summed E-state index contributed by atoms with van der Waals surface area (Å²) in [5, 5.41) is 0. The van der Waals surface area contributed by atoms with Gasteiger partial charge in [-0.3, -0.25) is 4.79 Å². The van der Waals surface area contributed by atoms with Crippen molar-refractivity contribution in [1.82, 2.24) is 0 Å². The fraction of sp³-hybridized carbons (Fsp3) is 0.800. The number of carbonyl (C=O) groups is 1. The van der Waals surface area contributed by atoms with Crippen LogP contribution in [0, 0.1) is 0 Å². The van der Waals surface area contributed by atoms with Crippen LogP contribution in [-0.2, 0) is 9.53 Å². The van der Waals surface area contributed by atoms with E-state index in [1.165, 1.54) is 0 Å². The highest BCUT2D eigenvalue weighted by molar-refractivity contribution is 5.66. The fourth-order valence-electron chi connectivity index (χ4n) is 0.270. The minimum Gasteiger partial charge on any atom is -0.396 e. The Morgan fingerprint density at radius 3 is 1.73 bits per heavy atom. The predicted octanol–water partition coefficient (Wildman–Crippen LogP) is 1.80. The van der Waals surface area contributed by atoms with Crippen molar-refractivity contribution >= 4 is 5.97 Å². The van der Waals surface area contributed by atoms with E-state index in [9.17, 15) is 22.4 Å². The molecule has 0 aliphatic rings. The van der Waals surface area contributed by atoms with E-state index in [0.717, 1.165) is 0 Å². The SMILES string of the molecule is CC(=O)OC(F)(F)C(C)(F)F. The van der Waals surface area contributed by atoms with Crippen molar-refractivity contribution in [1.29, 1.82) is 0 Å². The van der Waals surface area contributed by atoms with Crippen LogP contribution < -0.4 is 0 Å². The first-order valence-electron chi connectivity index (χ1n) is 2.62. The summed E-state index contributed by atoms with van der Waals surface area (Å²) in [5.74, 6) is -5.80. The number of esters is 1. The molecule has 11 heavy (non-hydrogen) atoms. The van der Waals surface area contributed by atoms with Gasteiger partial charge in [0.15, 0.2) is 0 Å². The normalized spacial score (nSPS) is 12.9. The average molecular weight is 174 g/mol. The Balaban J connectivity index is 4.34. The van der Waals surface area contributed by atoms with Crippen LogP contribution in [0.15, 0.2) is 0 Å². The van der Waals surface area contributed by atoms with Crippen molar-refractivity contribution in [3.63, 3.8) is 0 Å². The van der Waals surface area contributed by atoms with E-state index >= 15 is 0 Å². The highest BCUT2D eigenvalue weighted by Crippen LogP contribution is 2.34. The van der Waals surface area contributed by atoms with Gasteiger partial charge in [0.25, 0.3) is 0 Å². The molecule has 0 atom stereocenters. The Morgan fingerprint density at radius 2 is 1.64 bits per heavy atom. The Morgan fingerprint density at radius 1 is 1.27 bits per heavy atom. The summed E-state index contributed by atoms with van der Waals surface area (Å²) in [6, 6.07) is 0. The zero-order valence-corrected chi connectivity index (χ0v) is 5.83. The maximum Gasteiger partial charge on any atom is 0.465 e. The lowest BCUT2D eigenvalue weighted by molar-refractivity contribution is -0.323. The van der Waals surface area contributed by atoms with Crippen LogP contribution in [0.25, 0.3) is 0 Å². The third kappa shape index (κ3) is 2.73. The minimum atomic E-state index is -4.72. The molecule has 0 saturated carbocycles. The topological polar surface area (TPSA) is 26.3 Å². The molecular formula is C5H6F4O2. The minimum absolute atomic E-state index is 0.0318. The largest absolute Gasteiger partial charge is 0.465 e. The van der Waals surface area contributed by atoms with Gasteiger partial charge in [0.1, 0.15) is 0 Å². The van der Waals surface area contributed by atoms with Gasteiger partial charge in [-0.2, -0.15) is 17.6 Å². The van der Waals surface area contributed by atoms with E-state index in [0.29, 0.717) is 6.92 Å². The predicted molar refractivity (Wildman–Crippen MR) is 27.3 cm³/mol. The summed E-state index contributed by atoms with van der Waals surface area (Å²) in [6.45, 7) is 0.593. The van der Waals surface area contributed by atoms with Gasteiger partial charge in [0.2, 0.25) is 0 Å². The molecule has 0 fully saturated rings. The van der Waals surface area contributed by atoms with E-state index in [1.54, 1.807) is 0 Å². The second kappa shape index (κ2) is 2.67. The smallest absolute Gasteiger partial charge is 0.396 e. The monoisotopic (exact) mass is 174 g/mol. The van der Waals surface area contributed by atoms with Gasteiger partial charge in [-0.25, -0.2) is 0 Å². The molecule has 0 N–H and O–H groups in total. The molecule has 0 aromatic carbocycles. The van der Waals surface area contributed by atoms with Crippen molar-refractivity contribution in [3.8, 4) is 0 Å². The molecule has 66 valence electrons. The van der Waals surface area contributed by atoms with Gasteiger partial charge in [0, 0.05) is 13.8 Å². The van der Waals surface area contributed by atoms with Crippen molar-refractivity contribution in [3.05, 3.63) is 0 Å². The van der Waals surface area contributed by atoms with Crippen molar-refractivity contribution in [2.24, 2.45) is 0 Å². The molecule has 0 heterocycles. The van der Waals surface area contributed by atoms with E-state index in [1.807, 2.05) is 0 Å². The number of ether oxygens (including phenoxy) is 1. The van der Waals surface area contributed by atoms with Crippen molar-refractivity contribution < 1.29 is 27.1 Å². The van der Waals surface area contributed by atoms with E-state index in [2.05, 4.69) is 4.74 Å². The van der Waals surface area contributed by atoms with Crippen LogP contribution in [0.4, 0.5) is 17.6 Å². The molecule has 0 rings (SSSR count). The summed E-state index contributed by atoms with van der Waals surface area (Å²) in [5.41, 5.74) is 0. The standard InChI is InChI=1S/C5H6F4O2/c1-3(10)11-5(8,9)4(2,6)7/h1-2H3. The summed E-state index contributed by atoms with van der Waals surface area (Å²) in [7, 11) is 0. The summed E-state index contributed by atoms with van der Waals surface area (Å²) < 4.78 is 50.7. The summed E-state index contributed by atoms with van der Waals surface area (Å²) in [4.78, 5) is 9.87. The zero-order valence-electron chi connectivity index (χ0n) is 5.83. The number of alkyl halides is 4. The van der Waals surface area contributed by atoms with Gasteiger partial charge in [0.05, 0.1) is 0 Å². The Bertz CT molecular complexity index is 160. The molecule has 0 spiro atoms. The molecule has 6 heteroatoms. The number of halogens is 4. The second-order valence-corrected chi connectivity index (χ2v) is 2.00. The Hall–Kier alpha value is -0.810. The maximum atomic E-state index is 12.0. The zero-order chi connectivity index (χ0) is 9.28. The van der Waals surface area contributed by atoms with E-state index < -0.39 is 18.0 Å². The van der Waals surface area contributed by atoms with E-state index in [4.69, 9.17) is 0 Å². The molecule has 0 aromatic heterocycles. The molecule has 0 unspecified atom stereocenters. The third-order valence-electron chi connectivity index (χ3n) is 0.783. The van der Waals surface area contributed by atoms with Gasteiger partial charge in [-0.05, 0) is 0 Å². The fourth-order valence-corrected chi connectivity index (χ4v) is 0.270.